The molecule has 2 atom stereocenters. The van der Waals surface area contributed by atoms with Gasteiger partial charge in [-0.25, -0.2) is 4.39 Å². The SMILES string of the molecule is CCC(C)NC(=O)C(CC)N(Cc1ccc(F)cc1)C(=O)COc1ccc(C(C)C)cc1Br. The molecule has 1 N–H and O–H groups in total. The number of hydrogen-bond donors (Lipinski definition) is 1. The van der Waals surface area contributed by atoms with E-state index in [1.165, 1.54) is 17.0 Å². The maximum atomic E-state index is 13.4. The van der Waals surface area contributed by atoms with Gasteiger partial charge in [0, 0.05) is 12.6 Å². The van der Waals surface area contributed by atoms with Crippen LogP contribution >= 0.6 is 15.9 Å². The summed E-state index contributed by atoms with van der Waals surface area (Å²) in [6.07, 6.45) is 1.24. The van der Waals surface area contributed by atoms with Crippen molar-refractivity contribution in [3.8, 4) is 5.75 Å². The lowest BCUT2D eigenvalue weighted by Gasteiger charge is -2.31. The minimum atomic E-state index is -0.660. The molecule has 0 heterocycles. The van der Waals surface area contributed by atoms with Gasteiger partial charge in [0.15, 0.2) is 6.61 Å². The van der Waals surface area contributed by atoms with Gasteiger partial charge < -0.3 is 15.0 Å². The minimum Gasteiger partial charge on any atom is -0.483 e. The van der Waals surface area contributed by atoms with Crippen molar-refractivity contribution in [3.05, 3.63) is 63.9 Å². The summed E-state index contributed by atoms with van der Waals surface area (Å²) in [4.78, 5) is 27.7. The molecule has 0 aliphatic rings. The van der Waals surface area contributed by atoms with Gasteiger partial charge in [-0.15, -0.1) is 0 Å². The van der Waals surface area contributed by atoms with E-state index in [2.05, 4.69) is 35.1 Å². The zero-order chi connectivity index (χ0) is 24.5. The van der Waals surface area contributed by atoms with E-state index >= 15 is 0 Å². The Hall–Kier alpha value is -2.41. The fourth-order valence-electron chi connectivity index (χ4n) is 3.36. The van der Waals surface area contributed by atoms with Crippen molar-refractivity contribution < 1.29 is 18.7 Å². The summed E-state index contributed by atoms with van der Waals surface area (Å²) in [6, 6.07) is 11.1. The Morgan fingerprint density at radius 2 is 1.73 bits per heavy atom. The lowest BCUT2D eigenvalue weighted by Crippen LogP contribution is -2.51. The van der Waals surface area contributed by atoms with Crippen LogP contribution in [0.5, 0.6) is 5.75 Å². The molecular formula is C26H34BrFN2O3. The normalized spacial score (nSPS) is 12.8. The van der Waals surface area contributed by atoms with Crippen LogP contribution in [0, 0.1) is 5.82 Å². The first-order chi connectivity index (χ1) is 15.7. The number of carbonyl (C=O) groups excluding carboxylic acids is 2. The van der Waals surface area contributed by atoms with Gasteiger partial charge in [-0.3, -0.25) is 9.59 Å². The number of amides is 2. The van der Waals surface area contributed by atoms with E-state index in [4.69, 9.17) is 4.74 Å². The van der Waals surface area contributed by atoms with Crippen LogP contribution in [0.15, 0.2) is 46.9 Å². The first-order valence-corrected chi connectivity index (χ1v) is 12.2. The van der Waals surface area contributed by atoms with Crippen LogP contribution in [0.4, 0.5) is 4.39 Å². The maximum Gasteiger partial charge on any atom is 0.261 e. The Balaban J connectivity index is 2.22. The Morgan fingerprint density at radius 1 is 1.06 bits per heavy atom. The standard InChI is InChI=1S/C26H34BrFN2O3/c1-6-18(5)29-26(32)23(7-2)30(15-19-8-11-21(28)12-9-19)25(31)16-33-24-13-10-20(17(3)4)14-22(24)27/h8-14,17-18,23H,6-7,15-16H2,1-5H3,(H,29,32). The molecule has 2 aromatic carbocycles. The third kappa shape index (κ3) is 7.84. The highest BCUT2D eigenvalue weighted by molar-refractivity contribution is 9.10. The smallest absolute Gasteiger partial charge is 0.261 e. The predicted molar refractivity (Wildman–Crippen MR) is 133 cm³/mol. The molecule has 0 radical (unpaired) electrons. The van der Waals surface area contributed by atoms with Gasteiger partial charge in [0.05, 0.1) is 4.47 Å². The second kappa shape index (κ2) is 12.7. The largest absolute Gasteiger partial charge is 0.483 e. The Labute approximate surface area is 204 Å². The number of nitrogens with one attached hydrogen (secondary N) is 1. The molecule has 0 aromatic heterocycles. The first-order valence-electron chi connectivity index (χ1n) is 11.4. The van der Waals surface area contributed by atoms with Gasteiger partial charge in [-0.05, 0) is 77.0 Å². The average molecular weight is 521 g/mol. The van der Waals surface area contributed by atoms with Gasteiger partial charge in [-0.1, -0.05) is 45.9 Å². The van der Waals surface area contributed by atoms with E-state index in [9.17, 15) is 14.0 Å². The minimum absolute atomic E-state index is 0.000926. The molecule has 0 fully saturated rings. The molecule has 0 bridgehead atoms. The van der Waals surface area contributed by atoms with Crippen LogP contribution in [0.2, 0.25) is 0 Å². The molecule has 2 amide bonds. The van der Waals surface area contributed by atoms with Crippen LogP contribution in [-0.2, 0) is 16.1 Å². The number of rotatable bonds is 11. The van der Waals surface area contributed by atoms with Crippen LogP contribution in [0.3, 0.4) is 0 Å². The van der Waals surface area contributed by atoms with Crippen molar-refractivity contribution in [2.45, 2.75) is 72.0 Å². The summed E-state index contributed by atoms with van der Waals surface area (Å²) >= 11 is 3.51. The van der Waals surface area contributed by atoms with Crippen molar-refractivity contribution in [2.75, 3.05) is 6.61 Å². The fourth-order valence-corrected chi connectivity index (χ4v) is 3.87. The first kappa shape index (κ1) is 26.8. The second-order valence-electron chi connectivity index (χ2n) is 8.52. The van der Waals surface area contributed by atoms with Crippen molar-refractivity contribution in [1.29, 1.82) is 0 Å². The molecule has 2 rings (SSSR count). The van der Waals surface area contributed by atoms with Crippen molar-refractivity contribution in [3.63, 3.8) is 0 Å². The number of hydrogen-bond acceptors (Lipinski definition) is 3. The molecule has 0 spiro atoms. The van der Waals surface area contributed by atoms with Crippen LogP contribution in [0.25, 0.3) is 0 Å². The third-order valence-electron chi connectivity index (χ3n) is 5.63. The molecule has 33 heavy (non-hydrogen) atoms. The van der Waals surface area contributed by atoms with Crippen molar-refractivity contribution in [2.24, 2.45) is 0 Å². The lowest BCUT2D eigenvalue weighted by atomic mass is 10.0. The highest BCUT2D eigenvalue weighted by Crippen LogP contribution is 2.29. The quantitative estimate of drug-likeness (QED) is 0.406. The Morgan fingerprint density at radius 3 is 2.27 bits per heavy atom. The number of benzene rings is 2. The highest BCUT2D eigenvalue weighted by Gasteiger charge is 2.29. The summed E-state index contributed by atoms with van der Waals surface area (Å²) in [5, 5.41) is 2.97. The molecular weight excluding hydrogens is 487 g/mol. The molecule has 2 aromatic rings. The monoisotopic (exact) mass is 520 g/mol. The van der Waals surface area contributed by atoms with E-state index in [1.807, 2.05) is 39.0 Å². The zero-order valence-corrected chi connectivity index (χ0v) is 21.6. The molecule has 180 valence electrons. The van der Waals surface area contributed by atoms with E-state index in [0.29, 0.717) is 18.1 Å². The molecule has 0 saturated carbocycles. The number of ether oxygens (including phenoxy) is 1. The number of halogens is 2. The topological polar surface area (TPSA) is 58.6 Å². The summed E-state index contributed by atoms with van der Waals surface area (Å²) in [7, 11) is 0. The molecule has 0 aliphatic carbocycles. The van der Waals surface area contributed by atoms with E-state index in [1.54, 1.807) is 12.1 Å². The second-order valence-corrected chi connectivity index (χ2v) is 9.38. The third-order valence-corrected chi connectivity index (χ3v) is 6.25. The van der Waals surface area contributed by atoms with Gasteiger partial charge in [0.25, 0.3) is 5.91 Å². The van der Waals surface area contributed by atoms with Gasteiger partial charge in [-0.2, -0.15) is 0 Å². The predicted octanol–water partition coefficient (Wildman–Crippen LogP) is 5.81. The molecule has 0 aliphatic heterocycles. The van der Waals surface area contributed by atoms with E-state index in [-0.39, 0.29) is 36.8 Å². The summed E-state index contributed by atoms with van der Waals surface area (Å²) in [6.45, 7) is 9.97. The maximum absolute atomic E-state index is 13.4. The molecule has 5 nitrogen and oxygen atoms in total. The van der Waals surface area contributed by atoms with Crippen molar-refractivity contribution >= 4 is 27.7 Å². The Kier molecular flexibility index (Phi) is 10.4. The van der Waals surface area contributed by atoms with E-state index < -0.39 is 6.04 Å². The number of carbonyl (C=O) groups is 2. The van der Waals surface area contributed by atoms with Crippen LogP contribution in [-0.4, -0.2) is 35.4 Å². The highest BCUT2D eigenvalue weighted by atomic mass is 79.9. The summed E-state index contributed by atoms with van der Waals surface area (Å²) in [5.41, 5.74) is 1.90. The van der Waals surface area contributed by atoms with Crippen LogP contribution in [0.1, 0.15) is 64.5 Å². The fraction of sp³-hybridized carbons (Fsp3) is 0.462. The zero-order valence-electron chi connectivity index (χ0n) is 20.0. The molecule has 2 unspecified atom stereocenters. The number of nitrogens with zero attached hydrogens (tertiary/aromatic N) is 1. The van der Waals surface area contributed by atoms with Gasteiger partial charge >= 0.3 is 0 Å². The summed E-state index contributed by atoms with van der Waals surface area (Å²) < 4.78 is 20.0. The van der Waals surface area contributed by atoms with E-state index in [0.717, 1.165) is 22.0 Å². The Bertz CT molecular complexity index is 934. The van der Waals surface area contributed by atoms with Gasteiger partial charge in [0.2, 0.25) is 5.91 Å². The van der Waals surface area contributed by atoms with Crippen molar-refractivity contribution in [1.82, 2.24) is 10.2 Å². The van der Waals surface area contributed by atoms with Gasteiger partial charge in [0.1, 0.15) is 17.6 Å². The molecule has 7 heteroatoms. The molecule has 0 saturated heterocycles. The summed E-state index contributed by atoms with van der Waals surface area (Å²) in [5.74, 6) is 0.0652. The average Bonchev–Trinajstić information content (AvgIpc) is 2.78. The lowest BCUT2D eigenvalue weighted by molar-refractivity contribution is -0.143. The van der Waals surface area contributed by atoms with Crippen LogP contribution < -0.4 is 10.1 Å².